The van der Waals surface area contributed by atoms with Crippen LogP contribution in [0.5, 0.6) is 0 Å². The third kappa shape index (κ3) is 4.91. The van der Waals surface area contributed by atoms with Crippen molar-refractivity contribution in [3.63, 3.8) is 0 Å². The smallest absolute Gasteiger partial charge is 0.317 e. The molecule has 7 heteroatoms. The van der Waals surface area contributed by atoms with E-state index < -0.39 is 10.0 Å². The molecule has 1 fully saturated rings. The lowest BCUT2D eigenvalue weighted by Crippen LogP contribution is -2.52. The summed E-state index contributed by atoms with van der Waals surface area (Å²) in [5.41, 5.74) is 0. The molecule has 0 spiro atoms. The first kappa shape index (κ1) is 14.2. The van der Waals surface area contributed by atoms with Gasteiger partial charge in [-0.25, -0.2) is 17.9 Å². The molecule has 1 atom stereocenters. The highest BCUT2D eigenvalue weighted by atomic mass is 32.2. The molecule has 0 aromatic rings. The molecule has 0 aromatic heterocycles. The third-order valence-corrected chi connectivity index (χ3v) is 3.49. The summed E-state index contributed by atoms with van der Waals surface area (Å²) >= 11 is 0. The predicted octanol–water partition coefficient (Wildman–Crippen LogP) is 0.120. The first-order chi connectivity index (χ1) is 7.94. The number of likely N-dealkylation sites (tertiary alicyclic amines) is 1. The van der Waals surface area contributed by atoms with Crippen molar-refractivity contribution in [2.24, 2.45) is 0 Å². The summed E-state index contributed by atoms with van der Waals surface area (Å²) in [5.74, 6) is 0. The number of carbonyl (C=O) groups is 1. The van der Waals surface area contributed by atoms with Crippen LogP contribution in [0.15, 0.2) is 0 Å². The van der Waals surface area contributed by atoms with Crippen molar-refractivity contribution < 1.29 is 13.2 Å². The van der Waals surface area contributed by atoms with Gasteiger partial charge in [-0.05, 0) is 26.2 Å². The van der Waals surface area contributed by atoms with Crippen molar-refractivity contribution in [3.05, 3.63) is 0 Å². The van der Waals surface area contributed by atoms with Crippen LogP contribution in [0.4, 0.5) is 4.79 Å². The second-order valence-corrected chi connectivity index (χ2v) is 6.13. The van der Waals surface area contributed by atoms with Gasteiger partial charge in [-0.2, -0.15) is 0 Å². The van der Waals surface area contributed by atoms with Gasteiger partial charge < -0.3 is 10.2 Å². The van der Waals surface area contributed by atoms with Gasteiger partial charge in [-0.15, -0.1) is 0 Å². The molecular formula is C10H21N3O3S. The molecule has 2 N–H and O–H groups in total. The van der Waals surface area contributed by atoms with E-state index in [9.17, 15) is 13.2 Å². The maximum absolute atomic E-state index is 11.8. The molecule has 1 aliphatic heterocycles. The molecule has 100 valence electrons. The number of amides is 2. The molecular weight excluding hydrogens is 242 g/mol. The Labute approximate surface area is 103 Å². The number of hydrogen-bond acceptors (Lipinski definition) is 3. The van der Waals surface area contributed by atoms with Crippen LogP contribution in [0, 0.1) is 0 Å². The SMILES string of the molecule is CCNC(=O)N1CCCC[C@H]1CNS(C)(=O)=O. The van der Waals surface area contributed by atoms with E-state index in [0.717, 1.165) is 25.5 Å². The van der Waals surface area contributed by atoms with E-state index in [4.69, 9.17) is 0 Å². The molecule has 0 saturated carbocycles. The Bertz CT molecular complexity index is 356. The van der Waals surface area contributed by atoms with Gasteiger partial charge in [0.1, 0.15) is 0 Å². The summed E-state index contributed by atoms with van der Waals surface area (Å²) in [7, 11) is -3.19. The number of sulfonamides is 1. The number of nitrogens with one attached hydrogen (secondary N) is 2. The average Bonchev–Trinajstić information content (AvgIpc) is 2.26. The highest BCUT2D eigenvalue weighted by Crippen LogP contribution is 2.16. The van der Waals surface area contributed by atoms with Gasteiger partial charge in [0.15, 0.2) is 0 Å². The van der Waals surface area contributed by atoms with Crippen molar-refractivity contribution >= 4 is 16.1 Å². The maximum atomic E-state index is 11.8. The largest absolute Gasteiger partial charge is 0.338 e. The molecule has 17 heavy (non-hydrogen) atoms. The minimum absolute atomic E-state index is 0.0370. The van der Waals surface area contributed by atoms with Crippen LogP contribution in [-0.4, -0.2) is 51.3 Å². The minimum Gasteiger partial charge on any atom is -0.338 e. The average molecular weight is 263 g/mol. The molecule has 0 aromatic carbocycles. The molecule has 1 rings (SSSR count). The fourth-order valence-electron chi connectivity index (χ4n) is 1.98. The highest BCUT2D eigenvalue weighted by molar-refractivity contribution is 7.88. The van der Waals surface area contributed by atoms with Crippen molar-refractivity contribution in [1.82, 2.24) is 14.9 Å². The Hall–Kier alpha value is -0.820. The van der Waals surface area contributed by atoms with Crippen LogP contribution in [0.3, 0.4) is 0 Å². The van der Waals surface area contributed by atoms with E-state index in [-0.39, 0.29) is 12.1 Å². The Morgan fingerprint density at radius 2 is 2.12 bits per heavy atom. The minimum atomic E-state index is -3.19. The Morgan fingerprint density at radius 1 is 1.41 bits per heavy atom. The summed E-state index contributed by atoms with van der Waals surface area (Å²) in [6, 6.07) is -0.141. The fraction of sp³-hybridized carbons (Fsp3) is 0.900. The zero-order valence-corrected chi connectivity index (χ0v) is 11.2. The zero-order chi connectivity index (χ0) is 12.9. The van der Waals surface area contributed by atoms with E-state index >= 15 is 0 Å². The van der Waals surface area contributed by atoms with Gasteiger partial charge in [-0.1, -0.05) is 0 Å². The van der Waals surface area contributed by atoms with Gasteiger partial charge in [0.25, 0.3) is 0 Å². The van der Waals surface area contributed by atoms with E-state index in [1.54, 1.807) is 4.90 Å². The van der Waals surface area contributed by atoms with Crippen LogP contribution in [0.1, 0.15) is 26.2 Å². The summed E-state index contributed by atoms with van der Waals surface area (Å²) < 4.78 is 24.6. The number of urea groups is 1. The summed E-state index contributed by atoms with van der Waals surface area (Å²) in [6.45, 7) is 3.45. The van der Waals surface area contributed by atoms with Crippen LogP contribution in [0.25, 0.3) is 0 Å². The Kier molecular flexibility index (Phi) is 5.20. The van der Waals surface area contributed by atoms with Crippen LogP contribution < -0.4 is 10.0 Å². The predicted molar refractivity (Wildman–Crippen MR) is 66.3 cm³/mol. The molecule has 0 aliphatic carbocycles. The number of piperidine rings is 1. The first-order valence-corrected chi connectivity index (χ1v) is 7.82. The third-order valence-electron chi connectivity index (χ3n) is 2.80. The summed E-state index contributed by atoms with van der Waals surface area (Å²) in [6.07, 6.45) is 3.99. The van der Waals surface area contributed by atoms with Crippen LogP contribution in [-0.2, 0) is 10.0 Å². The molecule has 0 bridgehead atoms. The quantitative estimate of drug-likeness (QED) is 0.756. The van der Waals surface area contributed by atoms with Gasteiger partial charge in [0.05, 0.1) is 6.26 Å². The van der Waals surface area contributed by atoms with E-state index in [1.807, 2.05) is 6.92 Å². The number of carbonyl (C=O) groups excluding carboxylic acids is 1. The highest BCUT2D eigenvalue weighted by Gasteiger charge is 2.26. The number of hydrogen-bond donors (Lipinski definition) is 2. The van der Waals surface area contributed by atoms with Crippen molar-refractivity contribution in [3.8, 4) is 0 Å². The second kappa shape index (κ2) is 6.20. The van der Waals surface area contributed by atoms with Gasteiger partial charge in [0.2, 0.25) is 10.0 Å². The fourth-order valence-corrected chi connectivity index (χ4v) is 2.48. The molecule has 1 aliphatic rings. The topological polar surface area (TPSA) is 78.5 Å². The lowest BCUT2D eigenvalue weighted by atomic mass is 10.0. The van der Waals surface area contributed by atoms with Crippen LogP contribution in [0.2, 0.25) is 0 Å². The standard InChI is InChI=1S/C10H21N3O3S/c1-3-11-10(14)13-7-5-4-6-9(13)8-12-17(2,15)16/h9,12H,3-8H2,1-2H3,(H,11,14)/t9-/m0/s1. The molecule has 1 saturated heterocycles. The van der Waals surface area contributed by atoms with Crippen molar-refractivity contribution in [1.29, 1.82) is 0 Å². The van der Waals surface area contributed by atoms with E-state index in [0.29, 0.717) is 19.6 Å². The second-order valence-electron chi connectivity index (χ2n) is 4.30. The number of rotatable bonds is 4. The molecule has 0 radical (unpaired) electrons. The van der Waals surface area contributed by atoms with Crippen molar-refractivity contribution in [2.75, 3.05) is 25.9 Å². The molecule has 1 heterocycles. The van der Waals surface area contributed by atoms with E-state index in [2.05, 4.69) is 10.0 Å². The van der Waals surface area contributed by atoms with E-state index in [1.165, 1.54) is 0 Å². The lowest BCUT2D eigenvalue weighted by Gasteiger charge is -2.35. The maximum Gasteiger partial charge on any atom is 0.317 e. The summed E-state index contributed by atoms with van der Waals surface area (Å²) in [5, 5.41) is 2.75. The lowest BCUT2D eigenvalue weighted by molar-refractivity contribution is 0.152. The number of nitrogens with zero attached hydrogens (tertiary/aromatic N) is 1. The van der Waals surface area contributed by atoms with Gasteiger partial charge in [-0.3, -0.25) is 0 Å². The van der Waals surface area contributed by atoms with Gasteiger partial charge in [0, 0.05) is 25.7 Å². The van der Waals surface area contributed by atoms with Gasteiger partial charge >= 0.3 is 6.03 Å². The summed E-state index contributed by atoms with van der Waals surface area (Å²) in [4.78, 5) is 13.5. The van der Waals surface area contributed by atoms with Crippen molar-refractivity contribution in [2.45, 2.75) is 32.2 Å². The molecule has 6 nitrogen and oxygen atoms in total. The molecule has 2 amide bonds. The normalized spacial score (nSPS) is 21.3. The zero-order valence-electron chi connectivity index (χ0n) is 10.4. The first-order valence-electron chi connectivity index (χ1n) is 5.93. The Balaban J connectivity index is 2.56. The Morgan fingerprint density at radius 3 is 2.71 bits per heavy atom. The molecule has 0 unspecified atom stereocenters. The monoisotopic (exact) mass is 263 g/mol. The van der Waals surface area contributed by atoms with Crippen LogP contribution >= 0.6 is 0 Å².